The molecule has 0 saturated heterocycles. The normalized spacial score (nSPS) is 11.9. The lowest BCUT2D eigenvalue weighted by atomic mass is 10.1. The van der Waals surface area contributed by atoms with E-state index in [1.165, 1.54) is 16.0 Å². The van der Waals surface area contributed by atoms with Gasteiger partial charge in [0, 0.05) is 10.9 Å². The Kier molecular flexibility index (Phi) is 5.65. The highest BCUT2D eigenvalue weighted by atomic mass is 35.5. The molecule has 3 N–H and O–H groups in total. The lowest BCUT2D eigenvalue weighted by Crippen LogP contribution is -2.26. The number of halogens is 1. The van der Waals surface area contributed by atoms with Crippen LogP contribution in [-0.4, -0.2) is 17.8 Å². The van der Waals surface area contributed by atoms with Crippen LogP contribution in [0.4, 0.5) is 0 Å². The number of benzene rings is 1. The Morgan fingerprint density at radius 1 is 1.18 bits per heavy atom. The fourth-order valence-electron chi connectivity index (χ4n) is 1.59. The van der Waals surface area contributed by atoms with Crippen molar-refractivity contribution in [3.63, 3.8) is 0 Å². The summed E-state index contributed by atoms with van der Waals surface area (Å²) in [5.41, 5.74) is 8.16. The minimum absolute atomic E-state index is 0. The number of aliphatic hydroxyl groups excluding tert-OH is 1. The molecule has 1 unspecified atom stereocenters. The maximum Gasteiger partial charge on any atom is 0.0586 e. The molecule has 0 aliphatic rings. The summed E-state index contributed by atoms with van der Waals surface area (Å²) in [5, 5.41) is 11.0. The van der Waals surface area contributed by atoms with Gasteiger partial charge >= 0.3 is 0 Å². The van der Waals surface area contributed by atoms with Crippen molar-refractivity contribution in [2.24, 2.45) is 5.73 Å². The molecule has 0 aliphatic heterocycles. The summed E-state index contributed by atoms with van der Waals surface area (Å²) >= 11 is 1.70. The Morgan fingerprint density at radius 3 is 2.53 bits per heavy atom. The van der Waals surface area contributed by atoms with E-state index in [9.17, 15) is 0 Å². The second kappa shape index (κ2) is 6.77. The molecule has 0 saturated carbocycles. The Hall–Kier alpha value is -0.870. The van der Waals surface area contributed by atoms with Crippen LogP contribution in [0.2, 0.25) is 0 Å². The molecular formula is C13H16ClNOS. The SMILES string of the molecule is Cl.NC(CO)Cc1cc(-c2ccccc2)cs1. The van der Waals surface area contributed by atoms with Crippen molar-refractivity contribution >= 4 is 23.7 Å². The molecule has 92 valence electrons. The summed E-state index contributed by atoms with van der Waals surface area (Å²) in [6, 6.07) is 12.3. The molecule has 0 bridgehead atoms. The monoisotopic (exact) mass is 269 g/mol. The van der Waals surface area contributed by atoms with Crippen molar-refractivity contribution in [3.05, 3.63) is 46.7 Å². The van der Waals surface area contributed by atoms with E-state index in [1.807, 2.05) is 18.2 Å². The summed E-state index contributed by atoms with van der Waals surface area (Å²) in [4.78, 5) is 1.22. The van der Waals surface area contributed by atoms with E-state index >= 15 is 0 Å². The fraction of sp³-hybridized carbons (Fsp3) is 0.231. The first-order valence-corrected chi connectivity index (χ1v) is 6.17. The minimum atomic E-state index is -0.151. The topological polar surface area (TPSA) is 46.2 Å². The third-order valence-corrected chi connectivity index (χ3v) is 3.42. The van der Waals surface area contributed by atoms with Gasteiger partial charge in [0.1, 0.15) is 0 Å². The minimum Gasteiger partial charge on any atom is -0.395 e. The first-order valence-electron chi connectivity index (χ1n) is 5.29. The molecule has 2 aromatic rings. The summed E-state index contributed by atoms with van der Waals surface area (Å²) < 4.78 is 0. The molecule has 0 spiro atoms. The number of hydrogen-bond acceptors (Lipinski definition) is 3. The van der Waals surface area contributed by atoms with Gasteiger partial charge in [-0.2, -0.15) is 0 Å². The lowest BCUT2D eigenvalue weighted by molar-refractivity contribution is 0.266. The van der Waals surface area contributed by atoms with Crippen LogP contribution in [0.1, 0.15) is 4.88 Å². The standard InChI is InChI=1S/C13H15NOS.ClH/c14-12(8-15)7-13-6-11(9-16-13)10-4-2-1-3-5-10;/h1-6,9,12,15H,7-8,14H2;1H. The summed E-state index contributed by atoms with van der Waals surface area (Å²) in [5.74, 6) is 0. The summed E-state index contributed by atoms with van der Waals surface area (Å²) in [6.07, 6.45) is 0.744. The zero-order valence-corrected chi connectivity index (χ0v) is 11.0. The second-order valence-corrected chi connectivity index (χ2v) is 4.81. The highest BCUT2D eigenvalue weighted by Crippen LogP contribution is 2.25. The van der Waals surface area contributed by atoms with Crippen molar-refractivity contribution in [2.75, 3.05) is 6.61 Å². The molecule has 1 aromatic heterocycles. The van der Waals surface area contributed by atoms with E-state index in [1.54, 1.807) is 11.3 Å². The van der Waals surface area contributed by atoms with Gasteiger partial charge in [-0.05, 0) is 29.0 Å². The molecule has 17 heavy (non-hydrogen) atoms. The van der Waals surface area contributed by atoms with E-state index < -0.39 is 0 Å². The molecule has 2 rings (SSSR count). The average Bonchev–Trinajstić information content (AvgIpc) is 2.78. The van der Waals surface area contributed by atoms with E-state index in [2.05, 4.69) is 23.6 Å². The molecule has 0 amide bonds. The first-order chi connectivity index (χ1) is 7.79. The predicted octanol–water partition coefficient (Wildman–Crippen LogP) is 2.70. The molecule has 0 radical (unpaired) electrons. The van der Waals surface area contributed by atoms with Crippen molar-refractivity contribution in [1.82, 2.24) is 0 Å². The molecule has 0 fully saturated rings. The van der Waals surface area contributed by atoms with Gasteiger partial charge in [-0.3, -0.25) is 0 Å². The van der Waals surface area contributed by atoms with Crippen LogP contribution in [0.25, 0.3) is 11.1 Å². The van der Waals surface area contributed by atoms with Crippen molar-refractivity contribution in [2.45, 2.75) is 12.5 Å². The predicted molar refractivity (Wildman–Crippen MR) is 75.8 cm³/mol. The Labute approximate surface area is 112 Å². The fourth-order valence-corrected chi connectivity index (χ4v) is 2.58. The summed E-state index contributed by atoms with van der Waals surface area (Å²) in [7, 11) is 0. The average molecular weight is 270 g/mol. The Bertz CT molecular complexity index is 444. The van der Waals surface area contributed by atoms with E-state index in [-0.39, 0.29) is 25.1 Å². The zero-order chi connectivity index (χ0) is 11.4. The molecule has 4 heteroatoms. The number of hydrogen-bond donors (Lipinski definition) is 2. The quantitative estimate of drug-likeness (QED) is 0.897. The maximum absolute atomic E-state index is 8.90. The van der Waals surface area contributed by atoms with Gasteiger partial charge in [-0.15, -0.1) is 23.7 Å². The van der Waals surface area contributed by atoms with Crippen molar-refractivity contribution < 1.29 is 5.11 Å². The van der Waals surface area contributed by atoms with Crippen LogP contribution in [-0.2, 0) is 6.42 Å². The lowest BCUT2D eigenvalue weighted by Gasteiger charge is -2.04. The third-order valence-electron chi connectivity index (χ3n) is 2.46. The van der Waals surface area contributed by atoms with Crippen LogP contribution in [0.15, 0.2) is 41.8 Å². The summed E-state index contributed by atoms with van der Waals surface area (Å²) in [6.45, 7) is 0.0402. The number of nitrogens with two attached hydrogens (primary N) is 1. The van der Waals surface area contributed by atoms with Gasteiger partial charge in [-0.1, -0.05) is 30.3 Å². The largest absolute Gasteiger partial charge is 0.395 e. The highest BCUT2D eigenvalue weighted by molar-refractivity contribution is 7.10. The van der Waals surface area contributed by atoms with Gasteiger partial charge in [0.05, 0.1) is 6.61 Å². The van der Waals surface area contributed by atoms with E-state index in [0.717, 1.165) is 6.42 Å². The van der Waals surface area contributed by atoms with Crippen molar-refractivity contribution in [1.29, 1.82) is 0 Å². The van der Waals surface area contributed by atoms with Crippen LogP contribution in [0.3, 0.4) is 0 Å². The van der Waals surface area contributed by atoms with Crippen LogP contribution in [0, 0.1) is 0 Å². The highest BCUT2D eigenvalue weighted by Gasteiger charge is 2.06. The van der Waals surface area contributed by atoms with Crippen LogP contribution in [0.5, 0.6) is 0 Å². The molecular weight excluding hydrogens is 254 g/mol. The molecule has 1 aromatic carbocycles. The number of rotatable bonds is 4. The van der Waals surface area contributed by atoms with E-state index in [4.69, 9.17) is 10.8 Å². The zero-order valence-electron chi connectivity index (χ0n) is 9.37. The first kappa shape index (κ1) is 14.2. The molecule has 0 aliphatic carbocycles. The number of aliphatic hydroxyl groups is 1. The third kappa shape index (κ3) is 3.82. The molecule has 1 heterocycles. The van der Waals surface area contributed by atoms with Crippen LogP contribution >= 0.6 is 23.7 Å². The van der Waals surface area contributed by atoms with Gasteiger partial charge in [0.2, 0.25) is 0 Å². The van der Waals surface area contributed by atoms with E-state index in [0.29, 0.717) is 0 Å². The van der Waals surface area contributed by atoms with Gasteiger partial charge in [0.25, 0.3) is 0 Å². The smallest absolute Gasteiger partial charge is 0.0586 e. The van der Waals surface area contributed by atoms with Gasteiger partial charge in [-0.25, -0.2) is 0 Å². The van der Waals surface area contributed by atoms with Crippen molar-refractivity contribution in [3.8, 4) is 11.1 Å². The maximum atomic E-state index is 8.90. The van der Waals surface area contributed by atoms with Gasteiger partial charge < -0.3 is 10.8 Å². The molecule has 2 nitrogen and oxygen atoms in total. The van der Waals surface area contributed by atoms with Crippen LogP contribution < -0.4 is 5.73 Å². The Balaban J connectivity index is 0.00000144. The van der Waals surface area contributed by atoms with Gasteiger partial charge in [0.15, 0.2) is 0 Å². The number of thiophene rings is 1. The second-order valence-electron chi connectivity index (χ2n) is 3.81. The Morgan fingerprint density at radius 2 is 1.88 bits per heavy atom. The molecule has 1 atom stereocenters.